The van der Waals surface area contributed by atoms with Gasteiger partial charge in [-0.25, -0.2) is 18.6 Å². The molecule has 6 nitrogen and oxygen atoms in total. The molecule has 0 radical (unpaired) electrons. The predicted molar refractivity (Wildman–Crippen MR) is 65.1 cm³/mol. The number of pyridine rings is 1. The number of aromatic carboxylic acids is 1. The third kappa shape index (κ3) is 4.88. The SMILES string of the molecule is Cc1nc(C(=O)NCCOCC(F)F)ccc1C(=O)O. The van der Waals surface area contributed by atoms with Gasteiger partial charge in [-0.2, -0.15) is 0 Å². The van der Waals surface area contributed by atoms with E-state index in [0.717, 1.165) is 0 Å². The van der Waals surface area contributed by atoms with Crippen LogP contribution in [0.3, 0.4) is 0 Å². The molecule has 0 bridgehead atoms. The summed E-state index contributed by atoms with van der Waals surface area (Å²) in [6, 6.07) is 2.57. The maximum Gasteiger partial charge on any atom is 0.337 e. The van der Waals surface area contributed by atoms with E-state index in [2.05, 4.69) is 15.0 Å². The molecular weight excluding hydrogens is 274 g/mol. The highest BCUT2D eigenvalue weighted by Gasteiger charge is 2.12. The number of nitrogens with one attached hydrogen (secondary N) is 1. The molecule has 1 amide bonds. The number of carboxylic acids is 1. The Labute approximate surface area is 113 Å². The average molecular weight is 288 g/mol. The van der Waals surface area contributed by atoms with Gasteiger partial charge in [0.05, 0.1) is 17.9 Å². The highest BCUT2D eigenvalue weighted by Crippen LogP contribution is 2.06. The number of hydrogen-bond acceptors (Lipinski definition) is 4. The first-order valence-corrected chi connectivity index (χ1v) is 5.77. The van der Waals surface area contributed by atoms with E-state index in [1.54, 1.807) is 0 Å². The molecule has 0 atom stereocenters. The number of carbonyl (C=O) groups is 2. The molecule has 1 heterocycles. The molecule has 0 saturated carbocycles. The van der Waals surface area contributed by atoms with Gasteiger partial charge >= 0.3 is 5.97 Å². The van der Waals surface area contributed by atoms with Gasteiger partial charge in [0, 0.05) is 6.54 Å². The van der Waals surface area contributed by atoms with Crippen molar-refractivity contribution in [1.29, 1.82) is 0 Å². The topological polar surface area (TPSA) is 88.5 Å². The van der Waals surface area contributed by atoms with E-state index in [1.807, 2.05) is 0 Å². The molecule has 110 valence electrons. The van der Waals surface area contributed by atoms with Crippen LogP contribution in [0.2, 0.25) is 0 Å². The lowest BCUT2D eigenvalue weighted by Crippen LogP contribution is -2.28. The lowest BCUT2D eigenvalue weighted by Gasteiger charge is -2.07. The molecule has 1 rings (SSSR count). The fourth-order valence-electron chi connectivity index (χ4n) is 1.41. The van der Waals surface area contributed by atoms with Crippen molar-refractivity contribution >= 4 is 11.9 Å². The summed E-state index contributed by atoms with van der Waals surface area (Å²) in [6.07, 6.45) is -2.54. The molecule has 8 heteroatoms. The van der Waals surface area contributed by atoms with E-state index >= 15 is 0 Å². The van der Waals surface area contributed by atoms with Crippen LogP contribution in [0.25, 0.3) is 0 Å². The monoisotopic (exact) mass is 288 g/mol. The summed E-state index contributed by atoms with van der Waals surface area (Å²) in [6.45, 7) is 0.821. The summed E-state index contributed by atoms with van der Waals surface area (Å²) in [7, 11) is 0. The number of nitrogens with zero attached hydrogens (tertiary/aromatic N) is 1. The molecular formula is C12H14F2N2O4. The van der Waals surface area contributed by atoms with Gasteiger partial charge in [0.15, 0.2) is 0 Å². The fraction of sp³-hybridized carbons (Fsp3) is 0.417. The van der Waals surface area contributed by atoms with E-state index < -0.39 is 24.9 Å². The van der Waals surface area contributed by atoms with Crippen LogP contribution in [-0.4, -0.2) is 48.2 Å². The van der Waals surface area contributed by atoms with Crippen LogP contribution in [-0.2, 0) is 4.74 Å². The Kier molecular flexibility index (Phi) is 5.98. The van der Waals surface area contributed by atoms with Crippen LogP contribution >= 0.6 is 0 Å². The van der Waals surface area contributed by atoms with Gasteiger partial charge in [0.2, 0.25) is 0 Å². The zero-order valence-corrected chi connectivity index (χ0v) is 10.7. The van der Waals surface area contributed by atoms with Crippen molar-refractivity contribution in [1.82, 2.24) is 10.3 Å². The molecule has 0 aliphatic carbocycles. The fourth-order valence-corrected chi connectivity index (χ4v) is 1.41. The number of amides is 1. The van der Waals surface area contributed by atoms with Crippen molar-refractivity contribution in [2.45, 2.75) is 13.3 Å². The summed E-state index contributed by atoms with van der Waals surface area (Å²) in [5.41, 5.74) is 0.294. The zero-order chi connectivity index (χ0) is 15.1. The molecule has 0 unspecified atom stereocenters. The van der Waals surface area contributed by atoms with Crippen LogP contribution < -0.4 is 5.32 Å². The molecule has 2 N–H and O–H groups in total. The highest BCUT2D eigenvalue weighted by atomic mass is 19.3. The minimum absolute atomic E-state index is 0.0156. The minimum Gasteiger partial charge on any atom is -0.478 e. The number of halogens is 2. The predicted octanol–water partition coefficient (Wildman–Crippen LogP) is 1.10. The first-order valence-electron chi connectivity index (χ1n) is 5.77. The van der Waals surface area contributed by atoms with Crippen molar-refractivity contribution < 1.29 is 28.2 Å². The van der Waals surface area contributed by atoms with E-state index in [-0.39, 0.29) is 30.1 Å². The van der Waals surface area contributed by atoms with E-state index in [0.29, 0.717) is 0 Å². The van der Waals surface area contributed by atoms with Crippen LogP contribution in [0.5, 0.6) is 0 Å². The Hall–Kier alpha value is -2.09. The molecule has 0 aliphatic rings. The maximum absolute atomic E-state index is 11.8. The number of aryl methyl sites for hydroxylation is 1. The van der Waals surface area contributed by atoms with Crippen LogP contribution in [0, 0.1) is 6.92 Å². The summed E-state index contributed by atoms with van der Waals surface area (Å²) in [4.78, 5) is 26.3. The van der Waals surface area contributed by atoms with Gasteiger partial charge in [0.1, 0.15) is 12.3 Å². The van der Waals surface area contributed by atoms with E-state index in [1.165, 1.54) is 19.1 Å². The molecule has 0 saturated heterocycles. The largest absolute Gasteiger partial charge is 0.478 e. The first-order chi connectivity index (χ1) is 9.41. The molecule has 0 fully saturated rings. The number of alkyl halides is 2. The third-order valence-electron chi connectivity index (χ3n) is 2.32. The molecule has 0 aromatic carbocycles. The van der Waals surface area contributed by atoms with E-state index in [9.17, 15) is 18.4 Å². The molecule has 1 aromatic heterocycles. The number of carbonyl (C=O) groups excluding carboxylic acids is 1. The number of rotatable bonds is 7. The number of aromatic nitrogens is 1. The second-order valence-corrected chi connectivity index (χ2v) is 3.86. The Bertz CT molecular complexity index is 494. The summed E-state index contributed by atoms with van der Waals surface area (Å²) in [5, 5.41) is 11.3. The molecule has 20 heavy (non-hydrogen) atoms. The quantitative estimate of drug-likeness (QED) is 0.733. The van der Waals surface area contributed by atoms with Crippen LogP contribution in [0.15, 0.2) is 12.1 Å². The Morgan fingerprint density at radius 2 is 2.15 bits per heavy atom. The van der Waals surface area contributed by atoms with Crippen LogP contribution in [0.4, 0.5) is 8.78 Å². The molecule has 1 aromatic rings. The Morgan fingerprint density at radius 3 is 2.70 bits per heavy atom. The maximum atomic E-state index is 11.8. The first kappa shape index (κ1) is 16.0. The Morgan fingerprint density at radius 1 is 1.45 bits per heavy atom. The standard InChI is InChI=1S/C12H14F2N2O4/c1-7-8(12(18)19)2-3-9(16-7)11(17)15-4-5-20-6-10(13)14/h2-3,10H,4-6H2,1H3,(H,15,17)(H,18,19). The third-order valence-corrected chi connectivity index (χ3v) is 2.32. The number of hydrogen-bond donors (Lipinski definition) is 2. The highest BCUT2D eigenvalue weighted by molar-refractivity contribution is 5.94. The van der Waals surface area contributed by atoms with E-state index in [4.69, 9.17) is 5.11 Å². The normalized spacial score (nSPS) is 10.6. The average Bonchev–Trinajstić information content (AvgIpc) is 2.37. The van der Waals surface area contributed by atoms with Gasteiger partial charge < -0.3 is 15.2 Å². The van der Waals surface area contributed by atoms with Crippen molar-refractivity contribution in [3.05, 3.63) is 29.1 Å². The van der Waals surface area contributed by atoms with Gasteiger partial charge in [-0.05, 0) is 19.1 Å². The van der Waals surface area contributed by atoms with Gasteiger partial charge in [0.25, 0.3) is 12.3 Å². The smallest absolute Gasteiger partial charge is 0.337 e. The van der Waals surface area contributed by atoms with Crippen molar-refractivity contribution in [2.75, 3.05) is 19.8 Å². The Balaban J connectivity index is 2.48. The van der Waals surface area contributed by atoms with Gasteiger partial charge in [-0.3, -0.25) is 4.79 Å². The summed E-state index contributed by atoms with van der Waals surface area (Å²) in [5.74, 6) is -1.65. The second-order valence-electron chi connectivity index (χ2n) is 3.86. The van der Waals surface area contributed by atoms with Gasteiger partial charge in [-0.15, -0.1) is 0 Å². The number of carboxylic acid groups (broad SMARTS) is 1. The molecule has 0 aliphatic heterocycles. The summed E-state index contributed by atoms with van der Waals surface area (Å²) < 4.78 is 28.1. The number of ether oxygens (including phenoxy) is 1. The van der Waals surface area contributed by atoms with Gasteiger partial charge in [-0.1, -0.05) is 0 Å². The van der Waals surface area contributed by atoms with Crippen molar-refractivity contribution in [3.63, 3.8) is 0 Å². The van der Waals surface area contributed by atoms with Crippen molar-refractivity contribution in [3.8, 4) is 0 Å². The second kappa shape index (κ2) is 7.49. The lowest BCUT2D eigenvalue weighted by atomic mass is 10.2. The summed E-state index contributed by atoms with van der Waals surface area (Å²) >= 11 is 0. The lowest BCUT2D eigenvalue weighted by molar-refractivity contribution is 0.0188. The van der Waals surface area contributed by atoms with Crippen molar-refractivity contribution in [2.24, 2.45) is 0 Å². The zero-order valence-electron chi connectivity index (χ0n) is 10.7. The van der Waals surface area contributed by atoms with Crippen LogP contribution in [0.1, 0.15) is 26.5 Å². The minimum atomic E-state index is -2.54. The molecule has 0 spiro atoms.